The number of amides is 2. The average molecular weight is 262 g/mol. The average Bonchev–Trinajstić information content (AvgIpc) is 2.84. The van der Waals surface area contributed by atoms with Crippen LogP contribution in [0.25, 0.3) is 0 Å². The van der Waals surface area contributed by atoms with Crippen LogP contribution in [0.1, 0.15) is 29.3 Å². The van der Waals surface area contributed by atoms with E-state index < -0.39 is 0 Å². The zero-order valence-electron chi connectivity index (χ0n) is 11.2. The third-order valence-corrected chi connectivity index (χ3v) is 3.16. The molecule has 2 rings (SSSR count). The largest absolute Gasteiger partial charge is 0.379 e. The zero-order chi connectivity index (χ0) is 13.8. The van der Waals surface area contributed by atoms with E-state index in [0.717, 1.165) is 12.0 Å². The number of aryl methyl sites for hydroxylation is 1. The van der Waals surface area contributed by atoms with E-state index in [4.69, 9.17) is 4.74 Å². The van der Waals surface area contributed by atoms with E-state index in [1.165, 1.54) is 6.92 Å². The summed E-state index contributed by atoms with van der Waals surface area (Å²) >= 11 is 0. The molecule has 1 atom stereocenters. The number of urea groups is 1. The Morgan fingerprint density at radius 2 is 2.16 bits per heavy atom. The molecular formula is C14H18N2O3. The number of rotatable bonds is 3. The molecule has 19 heavy (non-hydrogen) atoms. The van der Waals surface area contributed by atoms with Gasteiger partial charge in [-0.1, -0.05) is 12.1 Å². The number of ketones is 1. The molecule has 0 aromatic heterocycles. The number of Topliss-reactive ketones (excluding diaryl/α,β-unsaturated/α-hetero) is 1. The summed E-state index contributed by atoms with van der Waals surface area (Å²) in [7, 11) is 0. The van der Waals surface area contributed by atoms with Gasteiger partial charge in [-0.15, -0.1) is 0 Å². The van der Waals surface area contributed by atoms with E-state index in [1.54, 1.807) is 12.1 Å². The first-order valence-corrected chi connectivity index (χ1v) is 6.33. The van der Waals surface area contributed by atoms with E-state index in [0.29, 0.717) is 24.5 Å². The number of carbonyl (C=O) groups is 2. The van der Waals surface area contributed by atoms with Gasteiger partial charge >= 0.3 is 6.03 Å². The molecule has 0 saturated carbocycles. The molecule has 1 aromatic rings. The molecule has 2 amide bonds. The van der Waals surface area contributed by atoms with Crippen molar-refractivity contribution in [2.75, 3.05) is 18.5 Å². The molecule has 5 nitrogen and oxygen atoms in total. The Morgan fingerprint density at radius 3 is 2.79 bits per heavy atom. The lowest BCUT2D eigenvalue weighted by atomic mass is 10.1. The van der Waals surface area contributed by atoms with Gasteiger partial charge in [0.05, 0.1) is 12.6 Å². The summed E-state index contributed by atoms with van der Waals surface area (Å²) in [6.45, 7) is 4.63. The maximum absolute atomic E-state index is 11.8. The molecule has 1 aliphatic rings. The predicted octanol–water partition coefficient (Wildman–Crippen LogP) is 2.11. The SMILES string of the molecule is CC(=O)c1ccc(C)c(NC(=O)N[C@@H]2CCOC2)c1. The predicted molar refractivity (Wildman–Crippen MR) is 72.6 cm³/mol. The van der Waals surface area contributed by atoms with Crippen LogP contribution >= 0.6 is 0 Å². The fourth-order valence-electron chi connectivity index (χ4n) is 1.97. The van der Waals surface area contributed by atoms with E-state index >= 15 is 0 Å². The van der Waals surface area contributed by atoms with Crippen molar-refractivity contribution in [3.63, 3.8) is 0 Å². The summed E-state index contributed by atoms with van der Waals surface area (Å²) in [6.07, 6.45) is 0.833. The van der Waals surface area contributed by atoms with Crippen LogP contribution in [0, 0.1) is 6.92 Å². The van der Waals surface area contributed by atoms with Crippen molar-refractivity contribution in [2.24, 2.45) is 0 Å². The third kappa shape index (κ3) is 3.54. The summed E-state index contributed by atoms with van der Waals surface area (Å²) in [4.78, 5) is 23.2. The second kappa shape index (κ2) is 5.84. The van der Waals surface area contributed by atoms with Gasteiger partial charge in [-0.3, -0.25) is 4.79 Å². The molecule has 1 heterocycles. The lowest BCUT2D eigenvalue weighted by Crippen LogP contribution is -2.38. The van der Waals surface area contributed by atoms with Crippen LogP contribution in [0.3, 0.4) is 0 Å². The number of anilines is 1. The van der Waals surface area contributed by atoms with Gasteiger partial charge in [-0.2, -0.15) is 0 Å². The summed E-state index contributed by atoms with van der Waals surface area (Å²) in [5.74, 6) is -0.0207. The van der Waals surface area contributed by atoms with Crippen molar-refractivity contribution >= 4 is 17.5 Å². The fraction of sp³-hybridized carbons (Fsp3) is 0.429. The topological polar surface area (TPSA) is 67.4 Å². The molecular weight excluding hydrogens is 244 g/mol. The Balaban J connectivity index is 2.02. The number of hydrogen-bond donors (Lipinski definition) is 2. The Bertz CT molecular complexity index is 493. The quantitative estimate of drug-likeness (QED) is 0.820. The zero-order valence-corrected chi connectivity index (χ0v) is 11.2. The molecule has 5 heteroatoms. The van der Waals surface area contributed by atoms with Gasteiger partial charge in [-0.05, 0) is 31.9 Å². The fourth-order valence-corrected chi connectivity index (χ4v) is 1.97. The molecule has 0 spiro atoms. The molecule has 0 radical (unpaired) electrons. The normalized spacial score (nSPS) is 18.1. The van der Waals surface area contributed by atoms with Crippen LogP contribution in [0.15, 0.2) is 18.2 Å². The molecule has 102 valence electrons. The second-order valence-corrected chi connectivity index (χ2v) is 4.74. The van der Waals surface area contributed by atoms with Gasteiger partial charge in [0.15, 0.2) is 5.78 Å². The maximum Gasteiger partial charge on any atom is 0.319 e. The highest BCUT2D eigenvalue weighted by Crippen LogP contribution is 2.17. The highest BCUT2D eigenvalue weighted by atomic mass is 16.5. The van der Waals surface area contributed by atoms with Crippen molar-refractivity contribution in [1.29, 1.82) is 0 Å². The summed E-state index contributed by atoms with van der Waals surface area (Å²) < 4.78 is 5.20. The first-order chi connectivity index (χ1) is 9.06. The van der Waals surface area contributed by atoms with Crippen molar-refractivity contribution < 1.29 is 14.3 Å². The number of benzene rings is 1. The van der Waals surface area contributed by atoms with Crippen molar-refractivity contribution in [1.82, 2.24) is 5.32 Å². The van der Waals surface area contributed by atoms with Crippen molar-refractivity contribution in [2.45, 2.75) is 26.3 Å². The summed E-state index contributed by atoms with van der Waals surface area (Å²) in [6, 6.07) is 5.08. The summed E-state index contributed by atoms with van der Waals surface area (Å²) in [5, 5.41) is 5.62. The van der Waals surface area contributed by atoms with E-state index in [2.05, 4.69) is 10.6 Å². The van der Waals surface area contributed by atoms with Crippen molar-refractivity contribution in [3.05, 3.63) is 29.3 Å². The lowest BCUT2D eigenvalue weighted by molar-refractivity contribution is 0.101. The molecule has 1 aliphatic heterocycles. The van der Waals surface area contributed by atoms with E-state index in [1.807, 2.05) is 13.0 Å². The minimum absolute atomic E-state index is 0.0207. The van der Waals surface area contributed by atoms with Gasteiger partial charge in [0.25, 0.3) is 0 Å². The van der Waals surface area contributed by atoms with Gasteiger partial charge in [0.2, 0.25) is 0 Å². The lowest BCUT2D eigenvalue weighted by Gasteiger charge is -2.13. The van der Waals surface area contributed by atoms with Gasteiger partial charge in [0.1, 0.15) is 0 Å². The third-order valence-electron chi connectivity index (χ3n) is 3.16. The number of hydrogen-bond acceptors (Lipinski definition) is 3. The van der Waals surface area contributed by atoms with Gasteiger partial charge in [-0.25, -0.2) is 4.79 Å². The molecule has 1 fully saturated rings. The number of nitrogens with one attached hydrogen (secondary N) is 2. The monoisotopic (exact) mass is 262 g/mol. The second-order valence-electron chi connectivity index (χ2n) is 4.74. The Labute approximate surface area is 112 Å². The maximum atomic E-state index is 11.8. The first-order valence-electron chi connectivity index (χ1n) is 6.33. The van der Waals surface area contributed by atoms with Crippen molar-refractivity contribution in [3.8, 4) is 0 Å². The van der Waals surface area contributed by atoms with E-state index in [-0.39, 0.29) is 17.9 Å². The van der Waals surface area contributed by atoms with Crippen LogP contribution in [0.5, 0.6) is 0 Å². The van der Waals surface area contributed by atoms with Gasteiger partial charge in [0, 0.05) is 17.9 Å². The minimum Gasteiger partial charge on any atom is -0.379 e. The Morgan fingerprint density at radius 1 is 1.37 bits per heavy atom. The van der Waals surface area contributed by atoms with Gasteiger partial charge < -0.3 is 15.4 Å². The van der Waals surface area contributed by atoms with Crippen LogP contribution < -0.4 is 10.6 Å². The van der Waals surface area contributed by atoms with E-state index in [9.17, 15) is 9.59 Å². The standard InChI is InChI=1S/C14H18N2O3/c1-9-3-4-11(10(2)17)7-13(9)16-14(18)15-12-5-6-19-8-12/h3-4,7,12H,5-6,8H2,1-2H3,(H2,15,16,18)/t12-/m1/s1. The molecule has 0 unspecified atom stereocenters. The smallest absolute Gasteiger partial charge is 0.319 e. The first kappa shape index (κ1) is 13.5. The Kier molecular flexibility index (Phi) is 4.16. The van der Waals surface area contributed by atoms with Crippen LogP contribution in [0.4, 0.5) is 10.5 Å². The highest BCUT2D eigenvalue weighted by molar-refractivity contribution is 5.97. The number of ether oxygens (including phenoxy) is 1. The molecule has 2 N–H and O–H groups in total. The van der Waals surface area contributed by atoms with Crippen LogP contribution in [-0.4, -0.2) is 31.1 Å². The summed E-state index contributed by atoms with van der Waals surface area (Å²) in [5.41, 5.74) is 2.16. The highest BCUT2D eigenvalue weighted by Gasteiger charge is 2.18. The van der Waals surface area contributed by atoms with Crippen LogP contribution in [0.2, 0.25) is 0 Å². The van der Waals surface area contributed by atoms with Crippen LogP contribution in [-0.2, 0) is 4.74 Å². The Hall–Kier alpha value is -1.88. The molecule has 1 saturated heterocycles. The molecule has 1 aromatic carbocycles. The molecule has 0 aliphatic carbocycles. The molecule has 0 bridgehead atoms. The minimum atomic E-state index is -0.265. The number of carbonyl (C=O) groups excluding carboxylic acids is 2.